The van der Waals surface area contributed by atoms with Crippen molar-refractivity contribution in [3.63, 3.8) is 0 Å². The van der Waals surface area contributed by atoms with E-state index >= 15 is 0 Å². The smallest absolute Gasteiger partial charge is 0.445 e. The van der Waals surface area contributed by atoms with E-state index in [0.29, 0.717) is 0 Å². The lowest BCUT2D eigenvalue weighted by Crippen LogP contribution is -2.36. The Balaban J connectivity index is 3.23. The van der Waals surface area contributed by atoms with Gasteiger partial charge in [0.05, 0.1) is 0 Å². The molecule has 1 aromatic rings. The van der Waals surface area contributed by atoms with E-state index < -0.39 is 12.4 Å². The van der Waals surface area contributed by atoms with Crippen molar-refractivity contribution in [1.82, 2.24) is 0 Å². The topological polar surface area (TPSA) is 17.1 Å². The van der Waals surface area contributed by atoms with E-state index in [2.05, 4.69) is 0 Å². The van der Waals surface area contributed by atoms with Crippen LogP contribution in [0.5, 0.6) is 0 Å². The molecule has 12 heavy (non-hydrogen) atoms. The van der Waals surface area contributed by atoms with E-state index in [1.54, 1.807) is 0 Å². The molecule has 0 aliphatic heterocycles. The standard InChI is InChI=1S/C7H5BF3O/c9-8(10,11)7-4-2-1-3-6(7)5-12/h1-5H/q-1. The van der Waals surface area contributed by atoms with Crippen LogP contribution in [0.4, 0.5) is 12.9 Å². The molecule has 0 fully saturated rings. The van der Waals surface area contributed by atoms with Crippen molar-refractivity contribution in [2.75, 3.05) is 0 Å². The predicted molar refractivity (Wildman–Crippen MR) is 40.5 cm³/mol. The molecule has 1 rings (SSSR count). The van der Waals surface area contributed by atoms with Crippen LogP contribution in [0.2, 0.25) is 0 Å². The lowest BCUT2D eigenvalue weighted by molar-refractivity contribution is 0.112. The molecule has 0 aliphatic carbocycles. The summed E-state index contributed by atoms with van der Waals surface area (Å²) in [6.07, 6.45) is 0.213. The second-order valence-electron chi connectivity index (χ2n) is 2.32. The molecule has 0 aromatic heterocycles. The molecule has 0 aliphatic rings. The molecular formula is C7H5BF3O-. The van der Waals surface area contributed by atoms with Crippen molar-refractivity contribution in [1.29, 1.82) is 0 Å². The van der Waals surface area contributed by atoms with E-state index in [0.717, 1.165) is 12.1 Å². The Morgan fingerprint density at radius 2 is 1.75 bits per heavy atom. The minimum absolute atomic E-state index is 0.213. The fourth-order valence-corrected chi connectivity index (χ4v) is 0.916. The highest BCUT2D eigenvalue weighted by Gasteiger charge is 2.27. The molecule has 0 atom stereocenters. The number of hydrogen-bond donors (Lipinski definition) is 0. The highest BCUT2D eigenvalue weighted by molar-refractivity contribution is 6.74. The van der Waals surface area contributed by atoms with Crippen LogP contribution in [0, 0.1) is 0 Å². The maximum absolute atomic E-state index is 12.1. The highest BCUT2D eigenvalue weighted by Crippen LogP contribution is 2.10. The molecule has 1 nitrogen and oxygen atoms in total. The molecule has 5 heteroatoms. The zero-order chi connectivity index (χ0) is 9.19. The van der Waals surface area contributed by atoms with E-state index in [1.807, 2.05) is 0 Å². The first-order valence-corrected chi connectivity index (χ1v) is 3.30. The largest absolute Gasteiger partial charge is 0.510 e. The summed E-state index contributed by atoms with van der Waals surface area (Å²) in [7, 11) is 0. The van der Waals surface area contributed by atoms with Crippen LogP contribution in [0.3, 0.4) is 0 Å². The average molecular weight is 173 g/mol. The zero-order valence-electron chi connectivity index (χ0n) is 6.01. The van der Waals surface area contributed by atoms with E-state index in [1.165, 1.54) is 12.1 Å². The van der Waals surface area contributed by atoms with Crippen LogP contribution in [0.25, 0.3) is 0 Å². The average Bonchev–Trinajstić information content (AvgIpc) is 2.03. The van der Waals surface area contributed by atoms with Crippen LogP contribution in [0.1, 0.15) is 10.4 Å². The van der Waals surface area contributed by atoms with Gasteiger partial charge in [-0.2, -0.15) is 0 Å². The Kier molecular flexibility index (Phi) is 2.21. The number of halogens is 3. The van der Waals surface area contributed by atoms with Gasteiger partial charge in [0.1, 0.15) is 6.29 Å². The van der Waals surface area contributed by atoms with Gasteiger partial charge in [-0.05, 0) is 5.56 Å². The fraction of sp³-hybridized carbons (Fsp3) is 0. The third kappa shape index (κ3) is 1.67. The summed E-state index contributed by atoms with van der Waals surface area (Å²) in [6, 6.07) is 4.72. The summed E-state index contributed by atoms with van der Waals surface area (Å²) >= 11 is 0. The molecule has 0 amide bonds. The molecule has 0 radical (unpaired) electrons. The van der Waals surface area contributed by atoms with Crippen molar-refractivity contribution in [2.24, 2.45) is 0 Å². The summed E-state index contributed by atoms with van der Waals surface area (Å²) in [5, 5.41) is 0. The minimum atomic E-state index is -5.07. The Morgan fingerprint density at radius 3 is 2.17 bits per heavy atom. The number of carbonyl (C=O) groups excluding carboxylic acids is 1. The van der Waals surface area contributed by atoms with E-state index in [-0.39, 0.29) is 11.8 Å². The van der Waals surface area contributed by atoms with E-state index in [4.69, 9.17) is 0 Å². The molecule has 0 bridgehead atoms. The van der Waals surface area contributed by atoms with Crippen LogP contribution in [-0.2, 0) is 0 Å². The van der Waals surface area contributed by atoms with Crippen LogP contribution < -0.4 is 5.46 Å². The SMILES string of the molecule is O=Cc1ccccc1[B-](F)(F)F. The molecule has 0 saturated carbocycles. The summed E-state index contributed by atoms with van der Waals surface area (Å²) in [5.41, 5.74) is -1.13. The Labute approximate surface area is 67.3 Å². The molecule has 0 N–H and O–H groups in total. The second kappa shape index (κ2) is 3.01. The molecule has 0 heterocycles. The molecule has 64 valence electrons. The van der Waals surface area contributed by atoms with Gasteiger partial charge in [0, 0.05) is 0 Å². The number of benzene rings is 1. The van der Waals surface area contributed by atoms with Crippen molar-refractivity contribution < 1.29 is 17.7 Å². The third-order valence-corrected chi connectivity index (χ3v) is 1.48. The Hall–Kier alpha value is -1.26. The van der Waals surface area contributed by atoms with Crippen LogP contribution in [-0.4, -0.2) is 13.3 Å². The molecule has 0 saturated heterocycles. The second-order valence-corrected chi connectivity index (χ2v) is 2.32. The maximum Gasteiger partial charge on any atom is 0.510 e. The number of aldehydes is 1. The number of carbonyl (C=O) groups is 1. The van der Waals surface area contributed by atoms with Crippen molar-refractivity contribution >= 4 is 18.7 Å². The van der Waals surface area contributed by atoms with E-state index in [9.17, 15) is 17.7 Å². The Morgan fingerprint density at radius 1 is 1.17 bits per heavy atom. The van der Waals surface area contributed by atoms with Gasteiger partial charge in [0.15, 0.2) is 0 Å². The van der Waals surface area contributed by atoms with Gasteiger partial charge in [-0.25, -0.2) is 0 Å². The van der Waals surface area contributed by atoms with Gasteiger partial charge in [-0.15, -0.1) is 0 Å². The quantitative estimate of drug-likeness (QED) is 0.489. The molecular weight excluding hydrogens is 168 g/mol. The maximum atomic E-state index is 12.1. The minimum Gasteiger partial charge on any atom is -0.445 e. The molecule has 0 unspecified atom stereocenters. The lowest BCUT2D eigenvalue weighted by Gasteiger charge is -2.16. The lowest BCUT2D eigenvalue weighted by atomic mass is 9.77. The summed E-state index contributed by atoms with van der Waals surface area (Å²) in [6.45, 7) is -5.07. The normalized spacial score (nSPS) is 11.2. The van der Waals surface area contributed by atoms with Gasteiger partial charge >= 0.3 is 6.98 Å². The highest BCUT2D eigenvalue weighted by atomic mass is 19.4. The van der Waals surface area contributed by atoms with Crippen LogP contribution in [0.15, 0.2) is 24.3 Å². The number of rotatable bonds is 2. The van der Waals surface area contributed by atoms with Gasteiger partial charge in [0.25, 0.3) is 0 Å². The van der Waals surface area contributed by atoms with Gasteiger partial charge in [0.2, 0.25) is 0 Å². The summed E-state index contributed by atoms with van der Waals surface area (Å²) in [4.78, 5) is 10.2. The Bertz CT molecular complexity index is 295. The van der Waals surface area contributed by atoms with Crippen molar-refractivity contribution in [3.8, 4) is 0 Å². The zero-order valence-corrected chi connectivity index (χ0v) is 6.01. The summed E-state index contributed by atoms with van der Waals surface area (Å²) in [5.74, 6) is 0. The van der Waals surface area contributed by atoms with Crippen LogP contribution >= 0.6 is 0 Å². The fourth-order valence-electron chi connectivity index (χ4n) is 0.916. The molecule has 0 spiro atoms. The van der Waals surface area contributed by atoms with Crippen molar-refractivity contribution in [3.05, 3.63) is 29.8 Å². The predicted octanol–water partition coefficient (Wildman–Crippen LogP) is 1.55. The van der Waals surface area contributed by atoms with Gasteiger partial charge < -0.3 is 12.9 Å². The molecule has 1 aromatic carbocycles. The van der Waals surface area contributed by atoms with Crippen molar-refractivity contribution in [2.45, 2.75) is 0 Å². The van der Waals surface area contributed by atoms with Gasteiger partial charge in [-0.3, -0.25) is 4.79 Å². The third-order valence-electron chi connectivity index (χ3n) is 1.48. The first-order valence-electron chi connectivity index (χ1n) is 3.30. The van der Waals surface area contributed by atoms with Gasteiger partial charge in [-0.1, -0.05) is 29.7 Å². The monoisotopic (exact) mass is 173 g/mol. The first kappa shape index (κ1) is 8.84. The summed E-state index contributed by atoms with van der Waals surface area (Å²) < 4.78 is 36.4. The number of hydrogen-bond acceptors (Lipinski definition) is 1. The first-order chi connectivity index (χ1) is 5.55.